The van der Waals surface area contributed by atoms with Crippen LogP contribution >= 0.6 is 0 Å². The Bertz CT molecular complexity index is 706. The molecule has 0 aliphatic heterocycles. The highest BCUT2D eigenvalue weighted by atomic mass is 32.2. The summed E-state index contributed by atoms with van der Waals surface area (Å²) in [6.45, 7) is 1.92. The number of allylic oxidation sites excluding steroid dienone is 2. The molecule has 0 radical (unpaired) electrons. The maximum Gasteiger partial charge on any atom is 0.243 e. The van der Waals surface area contributed by atoms with Crippen LogP contribution in [-0.4, -0.2) is 31.6 Å². The van der Waals surface area contributed by atoms with E-state index in [4.69, 9.17) is 0 Å². The summed E-state index contributed by atoms with van der Waals surface area (Å²) in [5.74, 6) is 0.456. The van der Waals surface area contributed by atoms with Gasteiger partial charge in [-0.15, -0.1) is 0 Å². The molecule has 3 atom stereocenters. The summed E-state index contributed by atoms with van der Waals surface area (Å²) >= 11 is 0. The number of nitrogens with zero attached hydrogens (tertiary/aromatic N) is 1. The van der Waals surface area contributed by atoms with Crippen LogP contribution in [0.15, 0.2) is 41.3 Å². The zero-order chi connectivity index (χ0) is 15.9. The molecule has 0 bridgehead atoms. The molecule has 1 saturated carbocycles. The number of carbonyl (C=O) groups excluding carboxylic acids is 1. The van der Waals surface area contributed by atoms with E-state index in [9.17, 15) is 13.2 Å². The standard InChI is InChI=1S/C17H21NO3S/c1-12-7-9-14(10-8-12)22(20,21)18(2)17-15-6-4-3-5-13(15)11-16(17)19/h3-4,7-10,13,15,17H,5-6,11H2,1-2H3/t13-,15-,17+/m1/s1. The van der Waals surface area contributed by atoms with Crippen LogP contribution in [0.3, 0.4) is 0 Å². The lowest BCUT2D eigenvalue weighted by molar-refractivity contribution is -0.120. The molecule has 0 spiro atoms. The highest BCUT2D eigenvalue weighted by Crippen LogP contribution is 2.41. The van der Waals surface area contributed by atoms with Gasteiger partial charge in [0, 0.05) is 13.5 Å². The molecule has 22 heavy (non-hydrogen) atoms. The number of Topliss-reactive ketones (excluding diaryl/α,β-unsaturated/α-hetero) is 1. The molecule has 0 aromatic heterocycles. The van der Waals surface area contributed by atoms with Gasteiger partial charge in [-0.05, 0) is 43.7 Å². The Morgan fingerprint density at radius 2 is 1.73 bits per heavy atom. The number of carbonyl (C=O) groups is 1. The molecule has 1 aromatic rings. The molecule has 118 valence electrons. The molecule has 0 amide bonds. The molecular formula is C17H21NO3S. The number of fused-ring (bicyclic) bond motifs is 1. The van der Waals surface area contributed by atoms with E-state index in [0.717, 1.165) is 18.4 Å². The van der Waals surface area contributed by atoms with Crippen molar-refractivity contribution in [2.24, 2.45) is 11.8 Å². The molecule has 1 aromatic carbocycles. The van der Waals surface area contributed by atoms with Crippen molar-refractivity contribution in [2.45, 2.75) is 37.1 Å². The molecule has 2 aliphatic rings. The summed E-state index contributed by atoms with van der Waals surface area (Å²) in [4.78, 5) is 12.6. The van der Waals surface area contributed by atoms with Crippen molar-refractivity contribution >= 4 is 15.8 Å². The Hall–Kier alpha value is -1.46. The zero-order valence-corrected chi connectivity index (χ0v) is 13.7. The van der Waals surface area contributed by atoms with E-state index in [-0.39, 0.29) is 22.5 Å². The third-order valence-electron chi connectivity index (χ3n) is 4.91. The van der Waals surface area contributed by atoms with E-state index >= 15 is 0 Å². The van der Waals surface area contributed by atoms with Gasteiger partial charge < -0.3 is 0 Å². The van der Waals surface area contributed by atoms with E-state index in [1.807, 2.05) is 6.92 Å². The van der Waals surface area contributed by atoms with E-state index in [2.05, 4.69) is 12.2 Å². The quantitative estimate of drug-likeness (QED) is 0.805. The number of rotatable bonds is 3. The lowest BCUT2D eigenvalue weighted by Crippen LogP contribution is -2.44. The summed E-state index contributed by atoms with van der Waals surface area (Å²) in [5.41, 5.74) is 1.01. The summed E-state index contributed by atoms with van der Waals surface area (Å²) in [7, 11) is -2.09. The molecule has 0 N–H and O–H groups in total. The lowest BCUT2D eigenvalue weighted by Gasteiger charge is -2.30. The molecular weight excluding hydrogens is 298 g/mol. The summed E-state index contributed by atoms with van der Waals surface area (Å²) < 4.78 is 26.9. The Labute approximate surface area is 131 Å². The number of benzene rings is 1. The van der Waals surface area contributed by atoms with Crippen LogP contribution in [0.25, 0.3) is 0 Å². The van der Waals surface area contributed by atoms with E-state index in [1.54, 1.807) is 31.3 Å². The topological polar surface area (TPSA) is 54.5 Å². The van der Waals surface area contributed by atoms with Crippen LogP contribution in [0.4, 0.5) is 0 Å². The third-order valence-corrected chi connectivity index (χ3v) is 6.76. The number of hydrogen-bond acceptors (Lipinski definition) is 3. The first-order valence-electron chi connectivity index (χ1n) is 7.63. The average Bonchev–Trinajstić information content (AvgIpc) is 2.82. The predicted octanol–water partition coefficient (Wildman–Crippen LogP) is 2.54. The van der Waals surface area contributed by atoms with Gasteiger partial charge >= 0.3 is 0 Å². The maximum absolute atomic E-state index is 12.8. The highest BCUT2D eigenvalue weighted by Gasteiger charge is 2.47. The smallest absolute Gasteiger partial charge is 0.243 e. The van der Waals surface area contributed by atoms with Gasteiger partial charge in [-0.1, -0.05) is 29.8 Å². The first-order valence-corrected chi connectivity index (χ1v) is 9.07. The maximum atomic E-state index is 12.8. The fourth-order valence-corrected chi connectivity index (χ4v) is 5.01. The Morgan fingerprint density at radius 3 is 2.41 bits per heavy atom. The first-order chi connectivity index (χ1) is 10.4. The minimum atomic E-state index is -3.63. The SMILES string of the molecule is Cc1ccc(S(=O)(=O)N(C)[C@@H]2C(=O)C[C@H]3CC=CC[C@H]32)cc1. The second kappa shape index (κ2) is 5.63. The van der Waals surface area contributed by atoms with Crippen LogP contribution in [0.1, 0.15) is 24.8 Å². The van der Waals surface area contributed by atoms with Crippen molar-refractivity contribution < 1.29 is 13.2 Å². The summed E-state index contributed by atoms with van der Waals surface area (Å²) in [5, 5.41) is 0. The van der Waals surface area contributed by atoms with Crippen molar-refractivity contribution in [3.63, 3.8) is 0 Å². The van der Waals surface area contributed by atoms with Crippen LogP contribution in [0.5, 0.6) is 0 Å². The number of hydrogen-bond donors (Lipinski definition) is 0. The lowest BCUT2D eigenvalue weighted by atomic mass is 9.84. The van der Waals surface area contributed by atoms with Crippen LogP contribution < -0.4 is 0 Å². The second-order valence-corrected chi connectivity index (χ2v) is 8.31. The molecule has 0 unspecified atom stereocenters. The van der Waals surface area contributed by atoms with Gasteiger partial charge in [-0.2, -0.15) is 4.31 Å². The largest absolute Gasteiger partial charge is 0.298 e. The monoisotopic (exact) mass is 319 g/mol. The van der Waals surface area contributed by atoms with Crippen molar-refractivity contribution in [1.29, 1.82) is 0 Å². The predicted molar refractivity (Wildman–Crippen MR) is 84.9 cm³/mol. The number of sulfonamides is 1. The van der Waals surface area contributed by atoms with Gasteiger partial charge in [0.2, 0.25) is 10.0 Å². The summed E-state index contributed by atoms with van der Waals surface area (Å²) in [6.07, 6.45) is 6.33. The van der Waals surface area contributed by atoms with Crippen molar-refractivity contribution in [2.75, 3.05) is 7.05 Å². The van der Waals surface area contributed by atoms with Crippen molar-refractivity contribution in [1.82, 2.24) is 4.31 Å². The molecule has 0 saturated heterocycles. The zero-order valence-electron chi connectivity index (χ0n) is 12.9. The van der Waals surface area contributed by atoms with E-state index in [1.165, 1.54) is 4.31 Å². The van der Waals surface area contributed by atoms with Gasteiger partial charge in [0.15, 0.2) is 5.78 Å². The number of ketones is 1. The van der Waals surface area contributed by atoms with Crippen LogP contribution in [-0.2, 0) is 14.8 Å². The molecule has 3 rings (SSSR count). The fourth-order valence-electron chi connectivity index (χ4n) is 3.63. The molecule has 4 nitrogen and oxygen atoms in total. The Morgan fingerprint density at radius 1 is 1.09 bits per heavy atom. The summed E-state index contributed by atoms with van der Waals surface area (Å²) in [6, 6.07) is 6.26. The van der Waals surface area contributed by atoms with E-state index < -0.39 is 16.1 Å². The molecule has 1 fully saturated rings. The Kier molecular flexibility index (Phi) is 3.95. The first kappa shape index (κ1) is 15.4. The van der Waals surface area contributed by atoms with Crippen molar-refractivity contribution in [3.05, 3.63) is 42.0 Å². The average molecular weight is 319 g/mol. The minimum Gasteiger partial charge on any atom is -0.298 e. The van der Waals surface area contributed by atoms with Gasteiger partial charge in [0.05, 0.1) is 10.9 Å². The molecule has 2 aliphatic carbocycles. The Balaban J connectivity index is 1.92. The highest BCUT2D eigenvalue weighted by molar-refractivity contribution is 7.89. The van der Waals surface area contributed by atoms with Gasteiger partial charge in [-0.25, -0.2) is 8.42 Å². The number of likely N-dealkylation sites (N-methyl/N-ethyl adjacent to an activating group) is 1. The molecule has 5 heteroatoms. The minimum absolute atomic E-state index is 0.0527. The van der Waals surface area contributed by atoms with E-state index in [0.29, 0.717) is 6.42 Å². The van der Waals surface area contributed by atoms with Gasteiger partial charge in [-0.3, -0.25) is 4.79 Å². The van der Waals surface area contributed by atoms with Gasteiger partial charge in [0.1, 0.15) is 0 Å². The normalized spacial score (nSPS) is 28.1. The van der Waals surface area contributed by atoms with Gasteiger partial charge in [0.25, 0.3) is 0 Å². The van der Waals surface area contributed by atoms with Crippen LogP contribution in [0, 0.1) is 18.8 Å². The van der Waals surface area contributed by atoms with Crippen molar-refractivity contribution in [3.8, 4) is 0 Å². The van der Waals surface area contributed by atoms with Crippen LogP contribution in [0.2, 0.25) is 0 Å². The molecule has 0 heterocycles. The second-order valence-electron chi connectivity index (χ2n) is 6.32. The number of aryl methyl sites for hydroxylation is 1. The fraction of sp³-hybridized carbons (Fsp3) is 0.471. The third kappa shape index (κ3) is 2.52.